The number of benzene rings is 3. The molecule has 48 heavy (non-hydrogen) atoms. The molecular formula is C34H33FN2O10S. The van der Waals surface area contributed by atoms with E-state index in [1.54, 1.807) is 6.92 Å². The number of carbonyl (C=O) groups excluding carboxylic acids is 3. The topological polar surface area (TPSA) is 184 Å². The Morgan fingerprint density at radius 3 is 2.42 bits per heavy atom. The van der Waals surface area contributed by atoms with Crippen molar-refractivity contribution in [2.75, 3.05) is 12.4 Å². The first-order chi connectivity index (χ1) is 22.7. The first-order valence-corrected chi connectivity index (χ1v) is 15.6. The maximum atomic E-state index is 13.9. The molecule has 3 aromatic rings. The summed E-state index contributed by atoms with van der Waals surface area (Å²) in [6.45, 7) is 2.76. The number of aromatic hydroxyl groups is 2. The third-order valence-electron chi connectivity index (χ3n) is 9.17. The van der Waals surface area contributed by atoms with Crippen molar-refractivity contribution >= 4 is 40.4 Å². The summed E-state index contributed by atoms with van der Waals surface area (Å²) in [6, 6.07) is 9.16. The number of aliphatic hydroxyl groups is 2. The summed E-state index contributed by atoms with van der Waals surface area (Å²) in [4.78, 5) is 40.3. The highest BCUT2D eigenvalue weighted by molar-refractivity contribution is 7.80. The monoisotopic (exact) mass is 680 g/mol. The van der Waals surface area contributed by atoms with Gasteiger partial charge in [-0.05, 0) is 56.4 Å². The molecule has 12 nitrogen and oxygen atoms in total. The molecule has 2 aliphatic carbocycles. The number of thiocarbonyl (C=S) groups is 1. The molecule has 1 saturated heterocycles. The fourth-order valence-electron chi connectivity index (χ4n) is 6.64. The molecule has 6 rings (SSSR count). The van der Waals surface area contributed by atoms with Crippen molar-refractivity contribution in [2.45, 2.75) is 69.4 Å². The Bertz CT molecular complexity index is 1850. The summed E-state index contributed by atoms with van der Waals surface area (Å²) in [6.07, 6.45) is -5.17. The van der Waals surface area contributed by atoms with Crippen LogP contribution in [0.4, 0.5) is 10.1 Å². The maximum Gasteiger partial charge on any atom is 0.202 e. The average Bonchev–Trinajstić information content (AvgIpc) is 3.04. The number of phenolic OH excluding ortho intramolecular Hbond substituents is 2. The normalized spacial score (nSPS) is 26.2. The van der Waals surface area contributed by atoms with Gasteiger partial charge in [0.05, 0.1) is 42.0 Å². The summed E-state index contributed by atoms with van der Waals surface area (Å²) in [5.74, 6) is -3.80. The largest absolute Gasteiger partial charge is 0.507 e. The van der Waals surface area contributed by atoms with Crippen LogP contribution >= 0.6 is 12.2 Å². The molecule has 0 aromatic heterocycles. The smallest absolute Gasteiger partial charge is 0.202 e. The van der Waals surface area contributed by atoms with Gasteiger partial charge in [-0.3, -0.25) is 14.4 Å². The van der Waals surface area contributed by atoms with E-state index in [0.717, 1.165) is 0 Å². The molecule has 6 N–H and O–H groups in total. The molecule has 0 spiro atoms. The van der Waals surface area contributed by atoms with Crippen LogP contribution in [-0.2, 0) is 20.7 Å². The SMILES string of the molecule is COc1cccc2c1C(=O)c1c(O)c3c(c(O)c1C2=O)CC(O)(C(C)=O)CC3OC1CC(NC(=S)Nc2ccc(F)cc2)C(O)C(C)O1. The number of anilines is 1. The van der Waals surface area contributed by atoms with Crippen LogP contribution < -0.4 is 15.4 Å². The van der Waals surface area contributed by atoms with Gasteiger partial charge in [0.2, 0.25) is 5.78 Å². The Kier molecular flexibility index (Phi) is 8.72. The van der Waals surface area contributed by atoms with Gasteiger partial charge in [0.15, 0.2) is 23.0 Å². The van der Waals surface area contributed by atoms with Crippen LogP contribution in [-0.4, -0.2) is 80.1 Å². The Balaban J connectivity index is 1.35. The maximum absolute atomic E-state index is 13.9. The van der Waals surface area contributed by atoms with Crippen molar-refractivity contribution in [1.82, 2.24) is 5.32 Å². The number of Topliss-reactive ketones (excluding diaryl/α,β-unsaturated/α-hetero) is 1. The predicted octanol–water partition coefficient (Wildman–Crippen LogP) is 3.20. The summed E-state index contributed by atoms with van der Waals surface area (Å²) in [5.41, 5.74) is -2.82. The van der Waals surface area contributed by atoms with E-state index in [1.807, 2.05) is 0 Å². The van der Waals surface area contributed by atoms with Gasteiger partial charge in [-0.2, -0.15) is 0 Å². The van der Waals surface area contributed by atoms with Crippen LogP contribution in [0.15, 0.2) is 42.5 Å². The number of phenols is 2. The minimum Gasteiger partial charge on any atom is -0.507 e. The molecule has 3 aromatic carbocycles. The second kappa shape index (κ2) is 12.5. The lowest BCUT2D eigenvalue weighted by molar-refractivity contribution is -0.248. The van der Waals surface area contributed by atoms with E-state index in [-0.39, 0.29) is 46.0 Å². The highest BCUT2D eigenvalue weighted by atomic mass is 32.1. The number of nitrogens with one attached hydrogen (secondary N) is 2. The van der Waals surface area contributed by atoms with Crippen molar-refractivity contribution < 1.29 is 53.4 Å². The molecule has 3 aliphatic rings. The molecular weight excluding hydrogens is 647 g/mol. The van der Waals surface area contributed by atoms with Crippen molar-refractivity contribution in [3.63, 3.8) is 0 Å². The van der Waals surface area contributed by atoms with Gasteiger partial charge < -0.3 is 45.3 Å². The second-order valence-electron chi connectivity index (χ2n) is 12.2. The predicted molar refractivity (Wildman–Crippen MR) is 172 cm³/mol. The van der Waals surface area contributed by atoms with Crippen LogP contribution in [0.2, 0.25) is 0 Å². The number of aliphatic hydroxyl groups excluding tert-OH is 1. The Morgan fingerprint density at radius 2 is 1.75 bits per heavy atom. The molecule has 6 atom stereocenters. The first-order valence-electron chi connectivity index (χ1n) is 15.2. The zero-order valence-corrected chi connectivity index (χ0v) is 26.9. The number of carbonyl (C=O) groups is 3. The van der Waals surface area contributed by atoms with Crippen molar-refractivity contribution in [1.29, 1.82) is 0 Å². The lowest BCUT2D eigenvalue weighted by atomic mass is 9.72. The molecule has 14 heteroatoms. The van der Waals surface area contributed by atoms with E-state index in [2.05, 4.69) is 10.6 Å². The van der Waals surface area contributed by atoms with Crippen molar-refractivity contribution in [3.05, 3.63) is 81.7 Å². The van der Waals surface area contributed by atoms with Crippen LogP contribution in [0.3, 0.4) is 0 Å². The van der Waals surface area contributed by atoms with E-state index in [0.29, 0.717) is 5.69 Å². The zero-order chi connectivity index (χ0) is 34.7. The zero-order valence-electron chi connectivity index (χ0n) is 26.1. The number of hydrogen-bond acceptors (Lipinski definition) is 11. The van der Waals surface area contributed by atoms with Gasteiger partial charge in [0.25, 0.3) is 0 Å². The lowest BCUT2D eigenvalue weighted by Gasteiger charge is -2.43. The number of rotatable bonds is 6. The number of hydrogen-bond donors (Lipinski definition) is 6. The van der Waals surface area contributed by atoms with E-state index < -0.39 is 88.5 Å². The lowest BCUT2D eigenvalue weighted by Crippen LogP contribution is -2.56. The number of halogens is 1. The van der Waals surface area contributed by atoms with Gasteiger partial charge in [0.1, 0.15) is 34.8 Å². The Hall–Kier alpha value is -4.47. The Morgan fingerprint density at radius 1 is 1.06 bits per heavy atom. The third kappa shape index (κ3) is 5.69. The summed E-state index contributed by atoms with van der Waals surface area (Å²) < 4.78 is 30.9. The summed E-state index contributed by atoms with van der Waals surface area (Å²) in [5, 5.41) is 51.6. The van der Waals surface area contributed by atoms with E-state index in [1.165, 1.54) is 56.5 Å². The van der Waals surface area contributed by atoms with E-state index >= 15 is 0 Å². The van der Waals surface area contributed by atoms with Gasteiger partial charge in [-0.15, -0.1) is 0 Å². The minimum absolute atomic E-state index is 0.0131. The number of ketones is 3. The van der Waals surface area contributed by atoms with Crippen LogP contribution in [0, 0.1) is 5.82 Å². The molecule has 0 radical (unpaired) electrons. The number of ether oxygens (including phenoxy) is 3. The van der Waals surface area contributed by atoms with Crippen LogP contribution in [0.5, 0.6) is 17.2 Å². The fourth-order valence-corrected chi connectivity index (χ4v) is 6.91. The molecule has 252 valence electrons. The fraction of sp³-hybridized carbons (Fsp3) is 0.353. The van der Waals surface area contributed by atoms with Crippen molar-refractivity contribution in [3.8, 4) is 17.2 Å². The highest BCUT2D eigenvalue weighted by Gasteiger charge is 2.49. The second-order valence-corrected chi connectivity index (χ2v) is 12.6. The van der Waals surface area contributed by atoms with Gasteiger partial charge in [0, 0.05) is 41.6 Å². The molecule has 0 amide bonds. The van der Waals surface area contributed by atoms with E-state index in [4.69, 9.17) is 26.4 Å². The molecule has 0 saturated carbocycles. The molecule has 1 fully saturated rings. The van der Waals surface area contributed by atoms with Gasteiger partial charge in [-0.25, -0.2) is 4.39 Å². The summed E-state index contributed by atoms with van der Waals surface area (Å²) in [7, 11) is 1.33. The van der Waals surface area contributed by atoms with Gasteiger partial charge in [-0.1, -0.05) is 12.1 Å². The average molecular weight is 681 g/mol. The molecule has 1 heterocycles. The minimum atomic E-state index is -2.07. The first kappa shape index (κ1) is 33.4. The summed E-state index contributed by atoms with van der Waals surface area (Å²) >= 11 is 5.40. The highest BCUT2D eigenvalue weighted by Crippen LogP contribution is 2.52. The van der Waals surface area contributed by atoms with Crippen LogP contribution in [0.25, 0.3) is 0 Å². The van der Waals surface area contributed by atoms with Gasteiger partial charge >= 0.3 is 0 Å². The standard InChI is InChI=1S/C34H33FN2O10S/c1-14-28(39)20(37-33(48)36-17-9-7-16(35)8-10-17)11-23(46-14)47-22-13-34(44,15(2)38)12-19-25(22)32(43)27-26(30(19)41)29(40)18-5-4-6-21(45-3)24(18)31(27)42/h4-10,14,20,22-23,28,39,41,43-44H,11-13H2,1-3H3,(H2,36,37,48). The quantitative estimate of drug-likeness (QED) is 0.129. The van der Waals surface area contributed by atoms with Crippen molar-refractivity contribution in [2.24, 2.45) is 0 Å². The van der Waals surface area contributed by atoms with E-state index in [9.17, 15) is 39.2 Å². The molecule has 6 unspecified atom stereocenters. The molecule has 1 aliphatic heterocycles. The number of methoxy groups -OCH3 is 1. The Labute approximate surface area is 279 Å². The number of fused-ring (bicyclic) bond motifs is 3. The molecule has 0 bridgehead atoms. The third-order valence-corrected chi connectivity index (χ3v) is 9.39. The van der Waals surface area contributed by atoms with Crippen LogP contribution in [0.1, 0.15) is 75.8 Å².